The van der Waals surface area contributed by atoms with Gasteiger partial charge in [0.1, 0.15) is 17.5 Å². The Kier molecular flexibility index (Phi) is 4.55. The minimum atomic E-state index is 0.447. The van der Waals surface area contributed by atoms with Crippen molar-refractivity contribution in [3.8, 4) is 0 Å². The first-order valence-corrected chi connectivity index (χ1v) is 6.93. The molecule has 0 aliphatic carbocycles. The number of nitrogens with one attached hydrogen (secondary N) is 2. The molecule has 0 amide bonds. The van der Waals surface area contributed by atoms with Crippen LogP contribution in [0.25, 0.3) is 0 Å². The maximum atomic E-state index is 5.52. The van der Waals surface area contributed by atoms with Gasteiger partial charge < -0.3 is 15.6 Å². The molecular formula is C13H24N6. The number of piperidine rings is 1. The molecule has 0 bridgehead atoms. The van der Waals surface area contributed by atoms with Crippen molar-refractivity contribution < 1.29 is 0 Å². The fourth-order valence-corrected chi connectivity index (χ4v) is 2.48. The number of aromatic nitrogens is 2. The number of nitrogens with zero attached hydrogens (tertiary/aromatic N) is 3. The fourth-order valence-electron chi connectivity index (χ4n) is 2.48. The highest BCUT2D eigenvalue weighted by Crippen LogP contribution is 2.22. The number of hydrogen-bond acceptors (Lipinski definition) is 6. The zero-order valence-electron chi connectivity index (χ0n) is 12.0. The highest BCUT2D eigenvalue weighted by molar-refractivity contribution is 5.57. The third-order valence-electron chi connectivity index (χ3n) is 3.61. The Balaban J connectivity index is 2.18. The van der Waals surface area contributed by atoms with Gasteiger partial charge in [-0.05, 0) is 33.4 Å². The summed E-state index contributed by atoms with van der Waals surface area (Å²) in [6, 6.07) is 0.447. The molecule has 1 unspecified atom stereocenters. The Morgan fingerprint density at radius 1 is 1.37 bits per heavy atom. The number of anilines is 2. The smallest absolute Gasteiger partial charge is 0.148 e. The number of hydrazine groups is 1. The van der Waals surface area contributed by atoms with E-state index >= 15 is 0 Å². The highest BCUT2D eigenvalue weighted by atomic mass is 15.3. The SMILES string of the molecule is CCc1nc(NN)c(C)c(NC2CCCN(C)C2)n1. The van der Waals surface area contributed by atoms with Crippen LogP contribution >= 0.6 is 0 Å². The van der Waals surface area contributed by atoms with Gasteiger partial charge in [0.15, 0.2) is 0 Å². The second-order valence-corrected chi connectivity index (χ2v) is 5.21. The van der Waals surface area contributed by atoms with Crippen LogP contribution < -0.4 is 16.6 Å². The maximum absolute atomic E-state index is 5.52. The summed E-state index contributed by atoms with van der Waals surface area (Å²) in [5, 5.41) is 3.54. The first-order valence-electron chi connectivity index (χ1n) is 6.93. The second-order valence-electron chi connectivity index (χ2n) is 5.21. The molecule has 6 heteroatoms. The van der Waals surface area contributed by atoms with Gasteiger partial charge in [-0.15, -0.1) is 0 Å². The molecule has 0 spiro atoms. The van der Waals surface area contributed by atoms with Crippen LogP contribution in [0.3, 0.4) is 0 Å². The fraction of sp³-hybridized carbons (Fsp3) is 0.692. The standard InChI is InChI=1S/C13H24N6/c1-4-11-16-12(9(2)13(17-11)18-14)15-10-6-5-7-19(3)8-10/h10H,4-8,14H2,1-3H3,(H2,15,16,17,18). The molecule has 1 aliphatic rings. The van der Waals surface area contributed by atoms with Gasteiger partial charge in [-0.1, -0.05) is 6.92 Å². The normalized spacial score (nSPS) is 20.3. The summed E-state index contributed by atoms with van der Waals surface area (Å²) >= 11 is 0. The van der Waals surface area contributed by atoms with Crippen molar-refractivity contribution in [1.29, 1.82) is 0 Å². The van der Waals surface area contributed by atoms with E-state index in [2.05, 4.69) is 32.7 Å². The molecule has 2 heterocycles. The zero-order chi connectivity index (χ0) is 13.8. The van der Waals surface area contributed by atoms with Gasteiger partial charge in [-0.25, -0.2) is 15.8 Å². The molecule has 2 rings (SSSR count). The molecule has 1 aliphatic heterocycles. The number of likely N-dealkylation sites (tertiary alicyclic amines) is 1. The molecular weight excluding hydrogens is 240 g/mol. The van der Waals surface area contributed by atoms with E-state index in [1.54, 1.807) is 0 Å². The van der Waals surface area contributed by atoms with E-state index in [1.165, 1.54) is 19.4 Å². The van der Waals surface area contributed by atoms with Crippen molar-refractivity contribution in [2.24, 2.45) is 5.84 Å². The average Bonchev–Trinajstić information content (AvgIpc) is 2.41. The molecule has 1 atom stereocenters. The summed E-state index contributed by atoms with van der Waals surface area (Å²) in [4.78, 5) is 11.3. The summed E-state index contributed by atoms with van der Waals surface area (Å²) in [6.45, 7) is 6.26. The molecule has 4 N–H and O–H groups in total. The third-order valence-corrected chi connectivity index (χ3v) is 3.61. The van der Waals surface area contributed by atoms with Gasteiger partial charge in [0, 0.05) is 24.6 Å². The van der Waals surface area contributed by atoms with Crippen molar-refractivity contribution in [2.75, 3.05) is 30.9 Å². The maximum Gasteiger partial charge on any atom is 0.148 e. The summed E-state index contributed by atoms with van der Waals surface area (Å²) in [7, 11) is 2.16. The molecule has 1 aromatic rings. The van der Waals surface area contributed by atoms with Crippen molar-refractivity contribution in [2.45, 2.75) is 39.2 Å². The molecule has 0 aromatic carbocycles. The zero-order valence-corrected chi connectivity index (χ0v) is 12.0. The second kappa shape index (κ2) is 6.16. The number of aryl methyl sites for hydroxylation is 1. The van der Waals surface area contributed by atoms with E-state index in [1.807, 2.05) is 13.8 Å². The summed E-state index contributed by atoms with van der Waals surface area (Å²) in [5.41, 5.74) is 3.63. The minimum absolute atomic E-state index is 0.447. The van der Waals surface area contributed by atoms with E-state index in [-0.39, 0.29) is 0 Å². The number of hydrogen-bond donors (Lipinski definition) is 3. The van der Waals surface area contributed by atoms with Crippen LogP contribution in [0.1, 0.15) is 31.2 Å². The predicted octanol–water partition coefficient (Wildman–Crippen LogP) is 1.14. The molecule has 1 fully saturated rings. The number of nitrogen functional groups attached to an aromatic ring is 1. The first-order chi connectivity index (χ1) is 9.13. The van der Waals surface area contributed by atoms with Crippen LogP contribution in [0.2, 0.25) is 0 Å². The predicted molar refractivity (Wildman–Crippen MR) is 78.1 cm³/mol. The molecule has 1 aromatic heterocycles. The van der Waals surface area contributed by atoms with Gasteiger partial charge in [0.25, 0.3) is 0 Å². The van der Waals surface area contributed by atoms with Crippen LogP contribution in [-0.2, 0) is 6.42 Å². The summed E-state index contributed by atoms with van der Waals surface area (Å²) in [5.74, 6) is 7.94. The van der Waals surface area contributed by atoms with Crippen LogP contribution in [0.15, 0.2) is 0 Å². The van der Waals surface area contributed by atoms with Crippen LogP contribution in [0.5, 0.6) is 0 Å². The molecule has 106 valence electrons. The topological polar surface area (TPSA) is 79.1 Å². The molecule has 1 saturated heterocycles. The van der Waals surface area contributed by atoms with Gasteiger partial charge >= 0.3 is 0 Å². The van der Waals surface area contributed by atoms with Crippen molar-refractivity contribution >= 4 is 11.6 Å². The van der Waals surface area contributed by atoms with E-state index in [4.69, 9.17) is 5.84 Å². The molecule has 19 heavy (non-hydrogen) atoms. The minimum Gasteiger partial charge on any atom is -0.366 e. The van der Waals surface area contributed by atoms with Crippen molar-refractivity contribution in [1.82, 2.24) is 14.9 Å². The number of likely N-dealkylation sites (N-methyl/N-ethyl adjacent to an activating group) is 1. The van der Waals surface area contributed by atoms with Crippen LogP contribution in [0.4, 0.5) is 11.6 Å². The Bertz CT molecular complexity index is 433. The Morgan fingerprint density at radius 2 is 2.11 bits per heavy atom. The van der Waals surface area contributed by atoms with Gasteiger partial charge in [-0.2, -0.15) is 0 Å². The molecule has 0 saturated carbocycles. The lowest BCUT2D eigenvalue weighted by Gasteiger charge is -2.31. The van der Waals surface area contributed by atoms with Gasteiger partial charge in [-0.3, -0.25) is 0 Å². The lowest BCUT2D eigenvalue weighted by Crippen LogP contribution is -2.40. The summed E-state index contributed by atoms with van der Waals surface area (Å²) < 4.78 is 0. The first kappa shape index (κ1) is 14.0. The highest BCUT2D eigenvalue weighted by Gasteiger charge is 2.19. The Hall–Kier alpha value is -1.40. The van der Waals surface area contributed by atoms with E-state index in [0.717, 1.165) is 30.2 Å². The van der Waals surface area contributed by atoms with Gasteiger partial charge in [0.2, 0.25) is 0 Å². The Morgan fingerprint density at radius 3 is 2.74 bits per heavy atom. The largest absolute Gasteiger partial charge is 0.366 e. The van der Waals surface area contributed by atoms with Crippen LogP contribution in [-0.4, -0.2) is 41.0 Å². The Labute approximate surface area is 114 Å². The molecule has 0 radical (unpaired) electrons. The monoisotopic (exact) mass is 264 g/mol. The summed E-state index contributed by atoms with van der Waals surface area (Å²) in [6.07, 6.45) is 3.20. The van der Waals surface area contributed by atoms with Gasteiger partial charge in [0.05, 0.1) is 0 Å². The van der Waals surface area contributed by atoms with E-state index < -0.39 is 0 Å². The average molecular weight is 264 g/mol. The van der Waals surface area contributed by atoms with Crippen LogP contribution in [0, 0.1) is 6.92 Å². The van der Waals surface area contributed by atoms with E-state index in [9.17, 15) is 0 Å². The number of nitrogens with two attached hydrogens (primary N) is 1. The third kappa shape index (κ3) is 3.33. The lowest BCUT2D eigenvalue weighted by molar-refractivity contribution is 0.260. The van der Waals surface area contributed by atoms with Crippen molar-refractivity contribution in [3.63, 3.8) is 0 Å². The van der Waals surface area contributed by atoms with Crippen molar-refractivity contribution in [3.05, 3.63) is 11.4 Å². The lowest BCUT2D eigenvalue weighted by atomic mass is 10.1. The molecule has 6 nitrogen and oxygen atoms in total. The van der Waals surface area contributed by atoms with E-state index in [0.29, 0.717) is 11.9 Å². The number of rotatable bonds is 4. The quantitative estimate of drug-likeness (QED) is 0.559.